The Morgan fingerprint density at radius 1 is 1.19 bits per heavy atom. The molecule has 0 aliphatic heterocycles. The molecule has 0 spiro atoms. The zero-order valence-corrected chi connectivity index (χ0v) is 14.3. The molecule has 0 aliphatic rings. The lowest BCUT2D eigenvalue weighted by molar-refractivity contribution is 0.125. The molecule has 1 aromatic rings. The maximum atomic E-state index is 5.97. The lowest BCUT2D eigenvalue weighted by atomic mass is 10.2. The number of nitrogens with two attached hydrogens (primary N) is 1. The van der Waals surface area contributed by atoms with Crippen LogP contribution in [0.5, 0.6) is 5.88 Å². The van der Waals surface area contributed by atoms with Gasteiger partial charge >= 0.3 is 0 Å². The van der Waals surface area contributed by atoms with Gasteiger partial charge in [-0.2, -0.15) is 4.98 Å². The Bertz CT molecular complexity index is 440. The summed E-state index contributed by atoms with van der Waals surface area (Å²) in [6, 6.07) is 3.84. The number of pyridine rings is 1. The van der Waals surface area contributed by atoms with Crippen LogP contribution < -0.4 is 15.4 Å². The van der Waals surface area contributed by atoms with Crippen LogP contribution in [0, 0.1) is 0 Å². The summed E-state index contributed by atoms with van der Waals surface area (Å²) in [5.74, 6) is 1.44. The molecule has 1 rings (SSSR count). The van der Waals surface area contributed by atoms with Crippen molar-refractivity contribution in [3.8, 4) is 5.88 Å². The Hall–Kier alpha value is -1.49. The van der Waals surface area contributed by atoms with Crippen molar-refractivity contribution in [1.82, 2.24) is 9.88 Å². The Kier molecular flexibility index (Phi) is 6.27. The maximum Gasteiger partial charge on any atom is 0.239 e. The average Bonchev–Trinajstić information content (AvgIpc) is 2.36. The third-order valence-corrected chi connectivity index (χ3v) is 3.02. The molecular weight excluding hydrogens is 264 g/mol. The topological polar surface area (TPSA) is 54.6 Å². The molecule has 0 aromatic carbocycles. The molecule has 0 bridgehead atoms. The predicted octanol–water partition coefficient (Wildman–Crippen LogP) is 2.62. The van der Waals surface area contributed by atoms with Crippen LogP contribution in [0.1, 0.15) is 34.1 Å². The highest BCUT2D eigenvalue weighted by Gasteiger charge is 2.16. The average molecular weight is 294 g/mol. The second-order valence-corrected chi connectivity index (χ2v) is 6.51. The zero-order chi connectivity index (χ0) is 16.0. The first-order valence-corrected chi connectivity index (χ1v) is 7.58. The van der Waals surface area contributed by atoms with Gasteiger partial charge < -0.3 is 20.3 Å². The molecule has 21 heavy (non-hydrogen) atoms. The molecule has 5 heteroatoms. The van der Waals surface area contributed by atoms with Crippen LogP contribution in [0.25, 0.3) is 0 Å². The van der Waals surface area contributed by atoms with Crippen molar-refractivity contribution in [2.45, 2.75) is 39.7 Å². The van der Waals surface area contributed by atoms with Crippen LogP contribution in [0.4, 0.5) is 11.5 Å². The quantitative estimate of drug-likeness (QED) is 0.838. The Morgan fingerprint density at radius 2 is 1.86 bits per heavy atom. The van der Waals surface area contributed by atoms with Crippen molar-refractivity contribution >= 4 is 11.5 Å². The van der Waals surface area contributed by atoms with Crippen molar-refractivity contribution in [2.75, 3.05) is 44.4 Å². The van der Waals surface area contributed by atoms with Gasteiger partial charge in [-0.3, -0.25) is 0 Å². The van der Waals surface area contributed by atoms with Crippen molar-refractivity contribution < 1.29 is 4.74 Å². The van der Waals surface area contributed by atoms with Crippen LogP contribution in [0.3, 0.4) is 0 Å². The first-order valence-electron chi connectivity index (χ1n) is 7.58. The first kappa shape index (κ1) is 17.6. The number of aromatic nitrogens is 1. The highest BCUT2D eigenvalue weighted by atomic mass is 16.5. The molecule has 0 fully saturated rings. The molecule has 0 unspecified atom stereocenters. The lowest BCUT2D eigenvalue weighted by Crippen LogP contribution is -2.29. The summed E-state index contributed by atoms with van der Waals surface area (Å²) in [6.45, 7) is 11.1. The fraction of sp³-hybridized carbons (Fsp3) is 0.688. The largest absolute Gasteiger partial charge is 0.470 e. The number of nitrogens with zero attached hydrogens (tertiary/aromatic N) is 3. The van der Waals surface area contributed by atoms with E-state index in [2.05, 4.69) is 35.8 Å². The minimum atomic E-state index is -0.304. The number of hydrogen-bond donors (Lipinski definition) is 1. The molecular formula is C16H30N4O. The standard InChI is InChI=1S/C16H30N4O/c1-7-20(12-8-11-19(5)6)14-10-9-13(17)15(18-14)21-16(2,3)4/h9-10H,7-8,11-12,17H2,1-6H3. The summed E-state index contributed by atoms with van der Waals surface area (Å²) in [4.78, 5) is 9.03. The van der Waals surface area contributed by atoms with Gasteiger partial charge in [0.25, 0.3) is 0 Å². The molecule has 0 saturated heterocycles. The third-order valence-electron chi connectivity index (χ3n) is 3.02. The molecule has 1 heterocycles. The van der Waals surface area contributed by atoms with E-state index in [1.54, 1.807) is 0 Å². The second-order valence-electron chi connectivity index (χ2n) is 6.51. The summed E-state index contributed by atoms with van der Waals surface area (Å²) in [5, 5.41) is 0. The SMILES string of the molecule is CCN(CCCN(C)C)c1ccc(N)c(OC(C)(C)C)n1. The van der Waals surface area contributed by atoms with E-state index < -0.39 is 0 Å². The number of hydrogen-bond acceptors (Lipinski definition) is 5. The maximum absolute atomic E-state index is 5.97. The van der Waals surface area contributed by atoms with Gasteiger partial charge in [-0.15, -0.1) is 0 Å². The van der Waals surface area contributed by atoms with Gasteiger partial charge in [-0.05, 0) is 66.9 Å². The molecule has 5 nitrogen and oxygen atoms in total. The number of nitrogen functional groups attached to an aromatic ring is 1. The van der Waals surface area contributed by atoms with Gasteiger partial charge in [0.2, 0.25) is 5.88 Å². The summed E-state index contributed by atoms with van der Waals surface area (Å²) < 4.78 is 5.84. The highest BCUT2D eigenvalue weighted by Crippen LogP contribution is 2.26. The monoisotopic (exact) mass is 294 g/mol. The second kappa shape index (κ2) is 7.50. The van der Waals surface area contributed by atoms with Gasteiger partial charge in [0, 0.05) is 13.1 Å². The first-order chi connectivity index (χ1) is 9.73. The molecule has 0 radical (unpaired) electrons. The molecule has 0 amide bonds. The normalized spacial score (nSPS) is 11.8. The van der Waals surface area contributed by atoms with E-state index in [9.17, 15) is 0 Å². The highest BCUT2D eigenvalue weighted by molar-refractivity contribution is 5.54. The van der Waals surface area contributed by atoms with E-state index in [-0.39, 0.29) is 5.60 Å². The summed E-state index contributed by atoms with van der Waals surface area (Å²) >= 11 is 0. The number of rotatable bonds is 7. The van der Waals surface area contributed by atoms with Crippen LogP contribution in [-0.2, 0) is 0 Å². The van der Waals surface area contributed by atoms with Crippen LogP contribution in [-0.4, -0.2) is 49.2 Å². The van der Waals surface area contributed by atoms with Crippen molar-refractivity contribution in [3.05, 3.63) is 12.1 Å². The van der Waals surface area contributed by atoms with E-state index in [0.29, 0.717) is 11.6 Å². The van der Waals surface area contributed by atoms with E-state index in [1.807, 2.05) is 32.9 Å². The minimum absolute atomic E-state index is 0.304. The fourth-order valence-electron chi connectivity index (χ4n) is 2.00. The van der Waals surface area contributed by atoms with Gasteiger partial charge in [0.05, 0.1) is 5.69 Å². The molecule has 0 atom stereocenters. The smallest absolute Gasteiger partial charge is 0.239 e. The molecule has 0 aliphatic carbocycles. The van der Waals surface area contributed by atoms with Crippen molar-refractivity contribution in [3.63, 3.8) is 0 Å². The summed E-state index contributed by atoms with van der Waals surface area (Å²) in [5.41, 5.74) is 6.24. The van der Waals surface area contributed by atoms with Gasteiger partial charge in [0.1, 0.15) is 11.4 Å². The Balaban J connectivity index is 2.82. The van der Waals surface area contributed by atoms with Crippen LogP contribution in [0.2, 0.25) is 0 Å². The number of ether oxygens (including phenoxy) is 1. The van der Waals surface area contributed by atoms with E-state index in [4.69, 9.17) is 10.5 Å². The minimum Gasteiger partial charge on any atom is -0.470 e. The molecule has 0 saturated carbocycles. The third kappa shape index (κ3) is 6.21. The van der Waals surface area contributed by atoms with Crippen LogP contribution >= 0.6 is 0 Å². The summed E-state index contributed by atoms with van der Waals surface area (Å²) in [6.07, 6.45) is 1.10. The van der Waals surface area contributed by atoms with Crippen molar-refractivity contribution in [2.24, 2.45) is 0 Å². The summed E-state index contributed by atoms with van der Waals surface area (Å²) in [7, 11) is 4.18. The van der Waals surface area contributed by atoms with Gasteiger partial charge in [-0.25, -0.2) is 0 Å². The van der Waals surface area contributed by atoms with E-state index in [0.717, 1.165) is 31.9 Å². The van der Waals surface area contributed by atoms with Crippen molar-refractivity contribution in [1.29, 1.82) is 0 Å². The Morgan fingerprint density at radius 3 is 2.38 bits per heavy atom. The van der Waals surface area contributed by atoms with E-state index >= 15 is 0 Å². The molecule has 2 N–H and O–H groups in total. The van der Waals surface area contributed by atoms with Crippen LogP contribution in [0.15, 0.2) is 12.1 Å². The van der Waals surface area contributed by atoms with Gasteiger partial charge in [-0.1, -0.05) is 0 Å². The lowest BCUT2D eigenvalue weighted by Gasteiger charge is -2.26. The predicted molar refractivity (Wildman–Crippen MR) is 90.1 cm³/mol. The number of anilines is 2. The zero-order valence-electron chi connectivity index (χ0n) is 14.3. The Labute approximate surface area is 129 Å². The molecule has 120 valence electrons. The fourth-order valence-corrected chi connectivity index (χ4v) is 2.00. The van der Waals surface area contributed by atoms with E-state index in [1.165, 1.54) is 0 Å². The van der Waals surface area contributed by atoms with Gasteiger partial charge in [0.15, 0.2) is 0 Å². The molecule has 1 aromatic heterocycles.